The van der Waals surface area contributed by atoms with Crippen molar-refractivity contribution in [3.05, 3.63) is 33.3 Å². The van der Waals surface area contributed by atoms with Crippen LogP contribution in [0.1, 0.15) is 19.0 Å². The molecule has 1 aromatic heterocycles. The smallest absolute Gasteiger partial charge is 0.0946 e. The molecule has 1 aromatic rings. The van der Waals surface area contributed by atoms with Crippen molar-refractivity contribution in [1.29, 1.82) is 0 Å². The number of aromatic nitrogens is 2. The fourth-order valence-corrected chi connectivity index (χ4v) is 4.81. The van der Waals surface area contributed by atoms with Gasteiger partial charge in [0.1, 0.15) is 0 Å². The Labute approximate surface area is 112 Å². The summed E-state index contributed by atoms with van der Waals surface area (Å²) in [6, 6.07) is 2.12. The highest BCUT2D eigenvalue weighted by Gasteiger charge is 2.33. The highest BCUT2D eigenvalue weighted by molar-refractivity contribution is 8.19. The van der Waals surface area contributed by atoms with Crippen LogP contribution in [0.3, 0.4) is 0 Å². The summed E-state index contributed by atoms with van der Waals surface area (Å²) in [5.74, 6) is 0. The Balaban J connectivity index is 2.19. The second-order valence-corrected chi connectivity index (χ2v) is 6.71. The van der Waals surface area contributed by atoms with Gasteiger partial charge < -0.3 is 0 Å². The normalized spacial score (nSPS) is 27.0. The van der Waals surface area contributed by atoms with Crippen molar-refractivity contribution < 1.29 is 4.21 Å². The average molecular weight is 279 g/mol. The third-order valence-corrected chi connectivity index (χ3v) is 6.00. The van der Waals surface area contributed by atoms with Crippen LogP contribution in [0, 0.1) is 0 Å². The molecule has 3 heterocycles. The van der Waals surface area contributed by atoms with E-state index in [-0.39, 0.29) is 6.04 Å². The van der Waals surface area contributed by atoms with Crippen molar-refractivity contribution in [2.45, 2.75) is 19.4 Å². The molecule has 1 N–H and O–H groups in total. The van der Waals surface area contributed by atoms with Gasteiger partial charge in [0.2, 0.25) is 0 Å². The number of nitrogens with zero attached hydrogens (tertiary/aromatic N) is 2. The van der Waals surface area contributed by atoms with Crippen LogP contribution in [0.4, 0.5) is 0 Å². The number of fused-ring (bicyclic) bond motifs is 1. The van der Waals surface area contributed by atoms with Crippen LogP contribution < -0.4 is 0 Å². The van der Waals surface area contributed by atoms with Crippen LogP contribution in [-0.2, 0) is 10.8 Å². The lowest BCUT2D eigenvalue weighted by molar-refractivity contribution is 0.693. The van der Waals surface area contributed by atoms with Gasteiger partial charge in [0, 0.05) is 18.0 Å². The average Bonchev–Trinajstić information content (AvgIpc) is 2.94. The van der Waals surface area contributed by atoms with E-state index >= 15 is 0 Å². The minimum atomic E-state index is -1.10. The zero-order valence-electron chi connectivity index (χ0n) is 10.1. The van der Waals surface area contributed by atoms with Gasteiger partial charge in [-0.3, -0.25) is 10.1 Å². The molecule has 2 unspecified atom stereocenters. The number of rotatable bonds is 2. The zero-order valence-corrected chi connectivity index (χ0v) is 11.8. The largest absolute Gasteiger partial charge is 0.289 e. The quantitative estimate of drug-likeness (QED) is 0.904. The molecule has 4 nitrogen and oxygen atoms in total. The summed E-state index contributed by atoms with van der Waals surface area (Å²) in [5.41, 5.74) is 3.06. The molecule has 0 saturated carbocycles. The summed E-state index contributed by atoms with van der Waals surface area (Å²) in [6.07, 6.45) is 6.36. The van der Waals surface area contributed by atoms with E-state index in [0.29, 0.717) is 0 Å². The number of allylic oxidation sites excluding steroid dienone is 1. The fraction of sp³-hybridized carbons (Fsp3) is 0.333. The maximum atomic E-state index is 12.6. The fourth-order valence-electron chi connectivity index (χ4n) is 2.26. The number of H-pyrrole nitrogens is 1. The first kappa shape index (κ1) is 11.9. The molecule has 0 fully saturated rings. The SMILES string of the molecule is CSC1=C2C=NC(C)CC2=C(c2ccn[nH]2)S1=O. The van der Waals surface area contributed by atoms with Gasteiger partial charge in [-0.2, -0.15) is 5.10 Å². The molecule has 0 spiro atoms. The van der Waals surface area contributed by atoms with Crippen molar-refractivity contribution >= 4 is 33.7 Å². The highest BCUT2D eigenvalue weighted by atomic mass is 32.2. The molecule has 0 bridgehead atoms. The molecular formula is C12H13N3OS2. The molecular weight excluding hydrogens is 266 g/mol. The van der Waals surface area contributed by atoms with Crippen molar-refractivity contribution in [2.75, 3.05) is 6.26 Å². The first-order valence-electron chi connectivity index (χ1n) is 5.69. The van der Waals surface area contributed by atoms with E-state index in [2.05, 4.69) is 22.1 Å². The second kappa shape index (κ2) is 4.51. The zero-order chi connectivity index (χ0) is 12.7. The highest BCUT2D eigenvalue weighted by Crippen LogP contribution is 2.44. The predicted octanol–water partition coefficient (Wildman–Crippen LogP) is 2.32. The third kappa shape index (κ3) is 1.71. The van der Waals surface area contributed by atoms with E-state index in [9.17, 15) is 4.21 Å². The van der Waals surface area contributed by atoms with E-state index in [1.54, 1.807) is 18.0 Å². The topological polar surface area (TPSA) is 58.1 Å². The lowest BCUT2D eigenvalue weighted by Crippen LogP contribution is -2.09. The predicted molar refractivity (Wildman–Crippen MR) is 76.8 cm³/mol. The molecule has 0 aromatic carbocycles. The van der Waals surface area contributed by atoms with Crippen molar-refractivity contribution in [2.24, 2.45) is 4.99 Å². The Morgan fingerprint density at radius 2 is 2.39 bits per heavy atom. The van der Waals surface area contributed by atoms with Gasteiger partial charge in [0.25, 0.3) is 0 Å². The molecule has 0 radical (unpaired) electrons. The Bertz CT molecular complexity index is 599. The molecule has 18 heavy (non-hydrogen) atoms. The number of thioether (sulfide) groups is 1. The Morgan fingerprint density at radius 1 is 1.56 bits per heavy atom. The molecule has 6 heteroatoms. The number of aromatic amines is 1. The molecule has 2 aliphatic rings. The number of hydrogen-bond donors (Lipinski definition) is 1. The first-order chi connectivity index (χ1) is 8.72. The summed E-state index contributed by atoms with van der Waals surface area (Å²) in [5, 5.41) is 6.88. The van der Waals surface area contributed by atoms with Gasteiger partial charge in [0.05, 0.1) is 31.7 Å². The number of nitrogens with one attached hydrogen (secondary N) is 1. The van der Waals surface area contributed by atoms with Gasteiger partial charge in [-0.25, -0.2) is 4.21 Å². The summed E-state index contributed by atoms with van der Waals surface area (Å²) < 4.78 is 13.5. The van der Waals surface area contributed by atoms with E-state index in [0.717, 1.165) is 32.4 Å². The molecule has 2 aliphatic heterocycles. The Morgan fingerprint density at radius 3 is 3.06 bits per heavy atom. The minimum Gasteiger partial charge on any atom is -0.289 e. The molecule has 3 rings (SSSR count). The molecule has 94 valence electrons. The van der Waals surface area contributed by atoms with Crippen LogP contribution in [0.15, 0.2) is 32.6 Å². The van der Waals surface area contributed by atoms with Crippen molar-refractivity contribution in [1.82, 2.24) is 10.2 Å². The number of aliphatic imine (C=N–C) groups is 1. The standard InChI is InChI=1S/C12H13N3OS2/c1-7-5-8-9(6-13-7)12(17-2)18(16)11(8)10-3-4-14-15-10/h3-4,6-7H,5H2,1-2H3,(H,14,15). The Kier molecular flexibility index (Phi) is 2.99. The summed E-state index contributed by atoms with van der Waals surface area (Å²) >= 11 is 1.54. The molecule has 2 atom stereocenters. The summed E-state index contributed by atoms with van der Waals surface area (Å²) in [6.45, 7) is 2.07. The first-order valence-corrected chi connectivity index (χ1v) is 8.06. The van der Waals surface area contributed by atoms with Gasteiger partial charge in [-0.1, -0.05) is 0 Å². The monoisotopic (exact) mass is 279 g/mol. The lowest BCUT2D eigenvalue weighted by atomic mass is 9.97. The van der Waals surface area contributed by atoms with Crippen LogP contribution in [-0.4, -0.2) is 32.9 Å². The van der Waals surface area contributed by atoms with Crippen LogP contribution >= 0.6 is 11.8 Å². The maximum absolute atomic E-state index is 12.6. The molecule has 0 amide bonds. The van der Waals surface area contributed by atoms with Crippen molar-refractivity contribution in [3.63, 3.8) is 0 Å². The van der Waals surface area contributed by atoms with Crippen LogP contribution in [0.2, 0.25) is 0 Å². The lowest BCUT2D eigenvalue weighted by Gasteiger charge is -2.15. The van der Waals surface area contributed by atoms with Crippen LogP contribution in [0.25, 0.3) is 4.91 Å². The van der Waals surface area contributed by atoms with Gasteiger partial charge in [-0.05, 0) is 31.2 Å². The van der Waals surface area contributed by atoms with E-state index in [1.165, 1.54) is 0 Å². The van der Waals surface area contributed by atoms with E-state index < -0.39 is 10.8 Å². The molecule has 0 aliphatic carbocycles. The Hall–Kier alpha value is -1.14. The summed E-state index contributed by atoms with van der Waals surface area (Å²) in [4.78, 5) is 5.31. The third-order valence-electron chi connectivity index (χ3n) is 3.06. The van der Waals surface area contributed by atoms with Gasteiger partial charge in [0.15, 0.2) is 0 Å². The maximum Gasteiger partial charge on any atom is 0.0946 e. The van der Waals surface area contributed by atoms with E-state index in [1.807, 2.05) is 18.5 Å². The van der Waals surface area contributed by atoms with Crippen molar-refractivity contribution in [3.8, 4) is 0 Å². The number of hydrogen-bond acceptors (Lipinski definition) is 4. The van der Waals surface area contributed by atoms with Gasteiger partial charge in [-0.15, -0.1) is 11.8 Å². The minimum absolute atomic E-state index is 0.250. The van der Waals surface area contributed by atoms with Gasteiger partial charge >= 0.3 is 0 Å². The summed E-state index contributed by atoms with van der Waals surface area (Å²) in [7, 11) is -1.10. The molecule has 0 saturated heterocycles. The second-order valence-electron chi connectivity index (χ2n) is 4.28. The van der Waals surface area contributed by atoms with Crippen LogP contribution in [0.5, 0.6) is 0 Å². The van der Waals surface area contributed by atoms with E-state index in [4.69, 9.17) is 0 Å².